The van der Waals surface area contributed by atoms with Crippen LogP contribution in [0, 0.1) is 0 Å². The number of anilines is 1. The molecule has 1 spiro atoms. The normalized spacial score (nSPS) is 25.4. The van der Waals surface area contributed by atoms with Crippen LogP contribution in [0.3, 0.4) is 0 Å². The van der Waals surface area contributed by atoms with Crippen molar-refractivity contribution in [1.29, 1.82) is 0 Å². The van der Waals surface area contributed by atoms with Crippen molar-refractivity contribution in [1.82, 2.24) is 4.90 Å². The minimum atomic E-state index is -1.33. The molecule has 0 saturated carbocycles. The Balaban J connectivity index is 1.36. The predicted molar refractivity (Wildman–Crippen MR) is 102 cm³/mol. The van der Waals surface area contributed by atoms with Crippen LogP contribution in [-0.2, 0) is 19.9 Å². The fraction of sp³-hybridized carbons (Fsp3) is 0.273. The van der Waals surface area contributed by atoms with Gasteiger partial charge in [-0.1, -0.05) is 30.3 Å². The molecule has 0 aromatic heterocycles. The molecular weight excluding hydrogens is 372 g/mol. The molecule has 5 rings (SSSR count). The molecule has 29 heavy (non-hydrogen) atoms. The molecule has 3 aliphatic rings. The minimum Gasteiger partial charge on any atom is -0.356 e. The standard InChI is InChI=1S/C22H18N2O5/c25-13-11-14(9-10-24-19(26)15-5-1-2-6-16(15)20(24)27)29-22(12-13)17-7-3-4-8-18(17)23-21(22)28/h1-8,14H,9-12H2,(H,23,28)/t14-,22+/m0/s1. The van der Waals surface area contributed by atoms with Crippen LogP contribution in [0.1, 0.15) is 45.5 Å². The summed E-state index contributed by atoms with van der Waals surface area (Å²) in [4.78, 5) is 51.5. The molecule has 0 bridgehead atoms. The van der Waals surface area contributed by atoms with Crippen LogP contribution < -0.4 is 5.32 Å². The lowest BCUT2D eigenvalue weighted by Gasteiger charge is -2.36. The van der Waals surface area contributed by atoms with Crippen LogP contribution >= 0.6 is 0 Å². The van der Waals surface area contributed by atoms with E-state index in [9.17, 15) is 19.2 Å². The number of ether oxygens (including phenoxy) is 1. The van der Waals surface area contributed by atoms with Gasteiger partial charge in [0.25, 0.3) is 17.7 Å². The van der Waals surface area contributed by atoms with Gasteiger partial charge in [0.2, 0.25) is 0 Å². The number of para-hydroxylation sites is 1. The molecule has 1 N–H and O–H groups in total. The minimum absolute atomic E-state index is 0.0145. The van der Waals surface area contributed by atoms with E-state index in [0.29, 0.717) is 22.4 Å². The molecule has 7 nitrogen and oxygen atoms in total. The van der Waals surface area contributed by atoms with E-state index >= 15 is 0 Å². The highest BCUT2D eigenvalue weighted by molar-refractivity contribution is 6.21. The predicted octanol–water partition coefficient (Wildman–Crippen LogP) is 2.27. The topological polar surface area (TPSA) is 92.8 Å². The molecule has 1 saturated heterocycles. The number of fused-ring (bicyclic) bond motifs is 3. The number of hydrogen-bond donors (Lipinski definition) is 1. The van der Waals surface area contributed by atoms with Gasteiger partial charge in [0.05, 0.1) is 17.2 Å². The molecule has 2 atom stereocenters. The van der Waals surface area contributed by atoms with Gasteiger partial charge < -0.3 is 10.1 Å². The Morgan fingerprint density at radius 1 is 0.966 bits per heavy atom. The molecule has 0 radical (unpaired) electrons. The number of benzene rings is 2. The molecule has 0 aliphatic carbocycles. The van der Waals surface area contributed by atoms with Gasteiger partial charge in [0, 0.05) is 30.6 Å². The number of carbonyl (C=O) groups is 4. The molecule has 3 aliphatic heterocycles. The Morgan fingerprint density at radius 3 is 2.34 bits per heavy atom. The summed E-state index contributed by atoms with van der Waals surface area (Å²) in [5, 5.41) is 2.79. The number of ketones is 1. The van der Waals surface area contributed by atoms with Crippen molar-refractivity contribution in [3.05, 3.63) is 65.2 Å². The van der Waals surface area contributed by atoms with E-state index in [4.69, 9.17) is 4.74 Å². The zero-order valence-corrected chi connectivity index (χ0v) is 15.5. The summed E-state index contributed by atoms with van der Waals surface area (Å²) in [6, 6.07) is 13.9. The molecule has 2 aromatic carbocycles. The maximum absolute atomic E-state index is 12.7. The van der Waals surface area contributed by atoms with Crippen LogP contribution in [-0.4, -0.2) is 41.1 Å². The van der Waals surface area contributed by atoms with E-state index in [1.807, 2.05) is 6.07 Å². The Morgan fingerprint density at radius 2 is 1.62 bits per heavy atom. The van der Waals surface area contributed by atoms with Gasteiger partial charge in [-0.15, -0.1) is 0 Å². The Bertz CT molecular complexity index is 1040. The van der Waals surface area contributed by atoms with Crippen LogP contribution in [0.2, 0.25) is 0 Å². The molecule has 3 heterocycles. The summed E-state index contributed by atoms with van der Waals surface area (Å²) in [6.07, 6.45) is -0.133. The van der Waals surface area contributed by atoms with Gasteiger partial charge >= 0.3 is 0 Å². The Kier molecular flexibility index (Phi) is 3.89. The summed E-state index contributed by atoms with van der Waals surface area (Å²) >= 11 is 0. The van der Waals surface area contributed by atoms with Crippen molar-refractivity contribution in [2.45, 2.75) is 31.0 Å². The lowest BCUT2D eigenvalue weighted by atomic mass is 9.84. The first-order chi connectivity index (χ1) is 14.0. The molecule has 2 aromatic rings. The quantitative estimate of drug-likeness (QED) is 0.812. The molecule has 1 fully saturated rings. The van der Waals surface area contributed by atoms with Crippen molar-refractivity contribution in [2.75, 3.05) is 11.9 Å². The monoisotopic (exact) mass is 390 g/mol. The van der Waals surface area contributed by atoms with Gasteiger partial charge in [0.15, 0.2) is 5.60 Å². The SMILES string of the molecule is O=C1C[C@H](CCN2C(=O)c3ccccc3C2=O)O[C@@]2(C1)C(=O)Nc1ccccc12. The fourth-order valence-corrected chi connectivity index (χ4v) is 4.43. The lowest BCUT2D eigenvalue weighted by molar-refractivity contribution is -0.170. The van der Waals surface area contributed by atoms with E-state index in [-0.39, 0.29) is 49.3 Å². The zero-order valence-electron chi connectivity index (χ0n) is 15.5. The third-order valence-electron chi connectivity index (χ3n) is 5.80. The number of nitrogens with zero attached hydrogens (tertiary/aromatic N) is 1. The first-order valence-electron chi connectivity index (χ1n) is 9.55. The third kappa shape index (κ3) is 2.61. The van der Waals surface area contributed by atoms with Gasteiger partial charge in [-0.25, -0.2) is 0 Å². The maximum Gasteiger partial charge on any atom is 0.261 e. The second kappa shape index (κ2) is 6.35. The van der Waals surface area contributed by atoms with Crippen LogP contribution in [0.5, 0.6) is 0 Å². The van der Waals surface area contributed by atoms with Gasteiger partial charge in [-0.3, -0.25) is 24.1 Å². The fourth-order valence-electron chi connectivity index (χ4n) is 4.43. The number of amides is 3. The van der Waals surface area contributed by atoms with Crippen molar-refractivity contribution < 1.29 is 23.9 Å². The lowest BCUT2D eigenvalue weighted by Crippen LogP contribution is -2.48. The molecule has 3 amide bonds. The van der Waals surface area contributed by atoms with Gasteiger partial charge in [-0.2, -0.15) is 0 Å². The number of hydrogen-bond acceptors (Lipinski definition) is 5. The zero-order chi connectivity index (χ0) is 20.2. The molecule has 7 heteroatoms. The maximum atomic E-state index is 12.7. The molecule has 146 valence electrons. The summed E-state index contributed by atoms with van der Waals surface area (Å²) in [7, 11) is 0. The van der Waals surface area contributed by atoms with Crippen molar-refractivity contribution in [3.8, 4) is 0 Å². The molecular formula is C22H18N2O5. The summed E-state index contributed by atoms with van der Waals surface area (Å²) in [5.41, 5.74) is 0.742. The third-order valence-corrected chi connectivity index (χ3v) is 5.80. The van der Waals surface area contributed by atoms with Crippen LogP contribution in [0.25, 0.3) is 0 Å². The van der Waals surface area contributed by atoms with E-state index < -0.39 is 11.7 Å². The summed E-state index contributed by atoms with van der Waals surface area (Å²) in [6.45, 7) is 0.129. The van der Waals surface area contributed by atoms with E-state index in [2.05, 4.69) is 5.32 Å². The van der Waals surface area contributed by atoms with E-state index in [1.54, 1.807) is 42.5 Å². The molecule has 0 unspecified atom stereocenters. The number of Topliss-reactive ketones (excluding diaryl/α,β-unsaturated/α-hetero) is 1. The number of carbonyl (C=O) groups excluding carboxylic acids is 4. The highest BCUT2D eigenvalue weighted by Gasteiger charge is 2.53. The number of imide groups is 1. The smallest absolute Gasteiger partial charge is 0.261 e. The van der Waals surface area contributed by atoms with Crippen molar-refractivity contribution in [3.63, 3.8) is 0 Å². The van der Waals surface area contributed by atoms with Crippen molar-refractivity contribution in [2.24, 2.45) is 0 Å². The highest BCUT2D eigenvalue weighted by atomic mass is 16.5. The van der Waals surface area contributed by atoms with Crippen molar-refractivity contribution >= 4 is 29.2 Å². The second-order valence-electron chi connectivity index (χ2n) is 7.58. The average molecular weight is 390 g/mol. The van der Waals surface area contributed by atoms with E-state index in [1.165, 1.54) is 4.90 Å². The van der Waals surface area contributed by atoms with Gasteiger partial charge in [-0.05, 0) is 24.6 Å². The van der Waals surface area contributed by atoms with Crippen LogP contribution in [0.4, 0.5) is 5.69 Å². The first-order valence-corrected chi connectivity index (χ1v) is 9.55. The largest absolute Gasteiger partial charge is 0.356 e. The number of rotatable bonds is 3. The average Bonchev–Trinajstić information content (AvgIpc) is 3.12. The Labute approximate surface area is 166 Å². The van der Waals surface area contributed by atoms with E-state index in [0.717, 1.165) is 0 Å². The Hall–Kier alpha value is -3.32. The summed E-state index contributed by atoms with van der Waals surface area (Å²) in [5.74, 6) is -1.11. The second-order valence-corrected chi connectivity index (χ2v) is 7.58. The summed E-state index contributed by atoms with van der Waals surface area (Å²) < 4.78 is 6.17. The first kappa shape index (κ1) is 17.8. The number of nitrogens with one attached hydrogen (secondary N) is 1. The van der Waals surface area contributed by atoms with Crippen LogP contribution in [0.15, 0.2) is 48.5 Å². The van der Waals surface area contributed by atoms with Gasteiger partial charge in [0.1, 0.15) is 5.78 Å². The highest BCUT2D eigenvalue weighted by Crippen LogP contribution is 2.45.